The van der Waals surface area contributed by atoms with E-state index >= 15 is 0 Å². The maximum absolute atomic E-state index is 12.9. The first-order chi connectivity index (χ1) is 18.6. The number of aliphatic hydroxyl groups excluding tert-OH is 1. The number of amides is 2. The molecule has 4 heterocycles. The molecule has 1 saturated heterocycles. The maximum Gasteiger partial charge on any atom is 0.255 e. The molecule has 196 valence electrons. The van der Waals surface area contributed by atoms with Crippen LogP contribution in [0.4, 0.5) is 5.69 Å². The van der Waals surface area contributed by atoms with Gasteiger partial charge in [-0.05, 0) is 54.4 Å². The quantitative estimate of drug-likeness (QED) is 0.437. The Balaban J connectivity index is 1.13. The molecule has 38 heavy (non-hydrogen) atoms. The molecule has 6 rings (SSSR count). The second-order valence-corrected chi connectivity index (χ2v) is 9.52. The lowest BCUT2D eigenvalue weighted by molar-refractivity contribution is -0.142. The molecule has 3 aromatic rings. The van der Waals surface area contributed by atoms with Crippen LogP contribution < -0.4 is 24.8 Å². The molecule has 1 aromatic heterocycles. The van der Waals surface area contributed by atoms with E-state index in [9.17, 15) is 14.7 Å². The second kappa shape index (κ2) is 10.3. The van der Waals surface area contributed by atoms with Gasteiger partial charge in [0.1, 0.15) is 18.0 Å². The first-order valence-electron chi connectivity index (χ1n) is 12.5. The number of benzene rings is 2. The van der Waals surface area contributed by atoms with Gasteiger partial charge in [-0.25, -0.2) is 0 Å². The van der Waals surface area contributed by atoms with Crippen molar-refractivity contribution in [3.63, 3.8) is 0 Å². The summed E-state index contributed by atoms with van der Waals surface area (Å²) >= 11 is 0. The Bertz CT molecular complexity index is 1350. The number of ether oxygens (including phenoxy) is 4. The van der Waals surface area contributed by atoms with Gasteiger partial charge in [0.05, 0.1) is 19.1 Å². The molecule has 1 fully saturated rings. The van der Waals surface area contributed by atoms with E-state index in [1.807, 2.05) is 24.3 Å². The van der Waals surface area contributed by atoms with Crippen molar-refractivity contribution in [3.05, 3.63) is 77.6 Å². The van der Waals surface area contributed by atoms with E-state index in [1.54, 1.807) is 36.7 Å². The normalized spacial score (nSPS) is 22.7. The Morgan fingerprint density at radius 2 is 1.92 bits per heavy atom. The third-order valence-electron chi connectivity index (χ3n) is 7.02. The molecule has 0 saturated carbocycles. The largest absolute Gasteiger partial charge is 0.487 e. The van der Waals surface area contributed by atoms with Crippen LogP contribution in [0.15, 0.2) is 60.9 Å². The average Bonchev–Trinajstić information content (AvgIpc) is 3.56. The topological polar surface area (TPSA) is 128 Å². The predicted molar refractivity (Wildman–Crippen MR) is 135 cm³/mol. The second-order valence-electron chi connectivity index (χ2n) is 9.52. The lowest BCUT2D eigenvalue weighted by Gasteiger charge is -2.37. The van der Waals surface area contributed by atoms with Crippen LogP contribution in [-0.2, 0) is 16.1 Å². The molecule has 0 spiro atoms. The number of aromatic nitrogens is 1. The number of carbonyl (C=O) groups excluding carboxylic acids is 2. The minimum absolute atomic E-state index is 0.0885. The first-order valence-corrected chi connectivity index (χ1v) is 12.5. The molecule has 2 aromatic carbocycles. The van der Waals surface area contributed by atoms with Gasteiger partial charge in [0.25, 0.3) is 5.91 Å². The smallest absolute Gasteiger partial charge is 0.255 e. The molecule has 3 aliphatic heterocycles. The predicted octanol–water partition coefficient (Wildman–Crippen LogP) is 2.76. The third-order valence-corrected chi connectivity index (χ3v) is 7.02. The highest BCUT2D eigenvalue weighted by Gasteiger charge is 2.46. The minimum atomic E-state index is -0.566. The van der Waals surface area contributed by atoms with E-state index in [1.165, 1.54) is 0 Å². The van der Waals surface area contributed by atoms with Gasteiger partial charge in [-0.1, -0.05) is 6.07 Å². The zero-order valence-electron chi connectivity index (χ0n) is 20.5. The lowest BCUT2D eigenvalue weighted by Crippen LogP contribution is -2.47. The number of fused-ring (bicyclic) bond motifs is 4. The zero-order chi connectivity index (χ0) is 26.1. The Labute approximate surface area is 218 Å². The molecule has 4 atom stereocenters. The molecule has 10 nitrogen and oxygen atoms in total. The van der Waals surface area contributed by atoms with Crippen molar-refractivity contribution >= 4 is 17.5 Å². The third kappa shape index (κ3) is 4.88. The molecule has 2 amide bonds. The van der Waals surface area contributed by atoms with Crippen molar-refractivity contribution < 1.29 is 33.6 Å². The number of pyridine rings is 1. The van der Waals surface area contributed by atoms with Gasteiger partial charge in [0.15, 0.2) is 11.5 Å². The van der Waals surface area contributed by atoms with Gasteiger partial charge in [-0.3, -0.25) is 14.6 Å². The summed E-state index contributed by atoms with van der Waals surface area (Å²) in [5.41, 5.74) is 2.90. The monoisotopic (exact) mass is 517 g/mol. The van der Waals surface area contributed by atoms with Crippen molar-refractivity contribution in [1.82, 2.24) is 10.3 Å². The van der Waals surface area contributed by atoms with E-state index in [2.05, 4.69) is 15.6 Å². The summed E-state index contributed by atoms with van der Waals surface area (Å²) in [6.45, 7) is 0.295. The van der Waals surface area contributed by atoms with Crippen molar-refractivity contribution in [2.24, 2.45) is 0 Å². The highest BCUT2D eigenvalue weighted by atomic mass is 16.7. The Hall–Kier alpha value is -4.15. The fourth-order valence-corrected chi connectivity index (χ4v) is 5.19. The van der Waals surface area contributed by atoms with E-state index in [-0.39, 0.29) is 49.8 Å². The van der Waals surface area contributed by atoms with Crippen molar-refractivity contribution in [1.29, 1.82) is 0 Å². The van der Waals surface area contributed by atoms with Crippen LogP contribution in [0.2, 0.25) is 0 Å². The van der Waals surface area contributed by atoms with Gasteiger partial charge in [0, 0.05) is 41.7 Å². The van der Waals surface area contributed by atoms with Crippen LogP contribution in [0.1, 0.15) is 40.2 Å². The van der Waals surface area contributed by atoms with E-state index < -0.39 is 6.10 Å². The Kier molecular flexibility index (Phi) is 6.57. The Morgan fingerprint density at radius 1 is 1.05 bits per heavy atom. The molecule has 0 aliphatic carbocycles. The van der Waals surface area contributed by atoms with Crippen molar-refractivity contribution in [2.75, 3.05) is 18.7 Å². The van der Waals surface area contributed by atoms with E-state index in [0.717, 1.165) is 11.1 Å². The van der Waals surface area contributed by atoms with Crippen molar-refractivity contribution in [2.45, 2.75) is 43.6 Å². The summed E-state index contributed by atoms with van der Waals surface area (Å²) < 4.78 is 22.9. The van der Waals surface area contributed by atoms with E-state index in [4.69, 9.17) is 18.9 Å². The van der Waals surface area contributed by atoms with Crippen LogP contribution in [0.3, 0.4) is 0 Å². The summed E-state index contributed by atoms with van der Waals surface area (Å²) in [6.07, 6.45) is 2.78. The van der Waals surface area contributed by atoms with Crippen molar-refractivity contribution in [3.8, 4) is 17.2 Å². The summed E-state index contributed by atoms with van der Waals surface area (Å²) in [5.74, 6) is 1.33. The molecular weight excluding hydrogens is 490 g/mol. The van der Waals surface area contributed by atoms with Crippen LogP contribution in [0.5, 0.6) is 17.2 Å². The summed E-state index contributed by atoms with van der Waals surface area (Å²) in [4.78, 5) is 29.6. The standard InChI is InChI=1S/C28H27N3O7/c32-14-25-27-21(10-19(37-25)11-26(33)30-13-16-2-1-7-29-12-16)20-9-18(4-6-22(20)38-27)31-28(34)17-3-5-23-24(8-17)36-15-35-23/h1-9,12,19,21,25,27,32H,10-11,13-15H2,(H,30,33)(H,31,34)/t19-,21+,25-,27-/m1/s1. The fourth-order valence-electron chi connectivity index (χ4n) is 5.19. The fraction of sp³-hybridized carbons (Fsp3) is 0.321. The molecule has 3 N–H and O–H groups in total. The number of hydrogen-bond donors (Lipinski definition) is 3. The zero-order valence-corrected chi connectivity index (χ0v) is 20.5. The van der Waals surface area contributed by atoms with E-state index in [0.29, 0.717) is 41.5 Å². The van der Waals surface area contributed by atoms with Crippen LogP contribution in [0, 0.1) is 0 Å². The van der Waals surface area contributed by atoms with Gasteiger partial charge in [-0.15, -0.1) is 0 Å². The molecule has 10 heteroatoms. The SMILES string of the molecule is O=C(C[C@H]1C[C@H]2c3cc(NC(=O)c4ccc5c(c4)OCO5)ccc3O[C@H]2[C@@H](CO)O1)NCc1cccnc1. The first kappa shape index (κ1) is 24.2. The van der Waals surface area contributed by atoms with Crippen LogP contribution in [-0.4, -0.2) is 53.6 Å². The number of nitrogens with one attached hydrogen (secondary N) is 2. The average molecular weight is 518 g/mol. The highest BCUT2D eigenvalue weighted by Crippen LogP contribution is 2.47. The minimum Gasteiger partial charge on any atom is -0.487 e. The number of aliphatic hydroxyl groups is 1. The molecule has 3 aliphatic rings. The van der Waals surface area contributed by atoms with Gasteiger partial charge >= 0.3 is 0 Å². The molecule has 0 radical (unpaired) electrons. The maximum atomic E-state index is 12.9. The van der Waals surface area contributed by atoms with Gasteiger partial charge in [0.2, 0.25) is 12.7 Å². The number of nitrogens with zero attached hydrogens (tertiary/aromatic N) is 1. The Morgan fingerprint density at radius 3 is 2.76 bits per heavy atom. The highest BCUT2D eigenvalue weighted by molar-refractivity contribution is 6.04. The van der Waals surface area contributed by atoms with Gasteiger partial charge < -0.3 is 34.7 Å². The van der Waals surface area contributed by atoms with Gasteiger partial charge in [-0.2, -0.15) is 0 Å². The number of hydrogen-bond acceptors (Lipinski definition) is 8. The number of rotatable bonds is 7. The summed E-state index contributed by atoms with van der Waals surface area (Å²) in [6, 6.07) is 14.2. The number of carbonyl (C=O) groups is 2. The molecule has 0 unspecified atom stereocenters. The lowest BCUT2D eigenvalue weighted by atomic mass is 9.84. The summed E-state index contributed by atoms with van der Waals surface area (Å²) in [7, 11) is 0. The summed E-state index contributed by atoms with van der Waals surface area (Å²) in [5, 5.41) is 15.8. The number of anilines is 1. The molecular formula is C28H27N3O7. The molecule has 0 bridgehead atoms. The van der Waals surface area contributed by atoms with Crippen LogP contribution in [0.25, 0.3) is 0 Å². The van der Waals surface area contributed by atoms with Crippen LogP contribution >= 0.6 is 0 Å².